The van der Waals surface area contributed by atoms with Gasteiger partial charge in [-0.1, -0.05) is 69.4 Å². The second kappa shape index (κ2) is 16.1. The topological polar surface area (TPSA) is 100 Å². The molecular formula is C25H39NO7. The van der Waals surface area contributed by atoms with E-state index in [2.05, 4.69) is 12.2 Å². The monoisotopic (exact) mass is 465 g/mol. The SMILES string of the molecule is CCCCCCCCOOC(=O)CC[C@H](NC(=O)OC(C)(C)C)C(=O)OCc1ccccc1. The molecule has 0 aromatic heterocycles. The van der Waals surface area contributed by atoms with E-state index in [4.69, 9.17) is 19.2 Å². The lowest BCUT2D eigenvalue weighted by Crippen LogP contribution is -2.44. The molecule has 8 nitrogen and oxygen atoms in total. The Kier molecular flexibility index (Phi) is 13.8. The molecule has 0 saturated carbocycles. The number of esters is 1. The molecule has 0 spiro atoms. The van der Waals surface area contributed by atoms with Crippen molar-refractivity contribution < 1.29 is 33.6 Å². The molecule has 1 amide bonds. The van der Waals surface area contributed by atoms with Crippen LogP contribution in [0.25, 0.3) is 0 Å². The molecule has 1 N–H and O–H groups in total. The molecule has 33 heavy (non-hydrogen) atoms. The van der Waals surface area contributed by atoms with Gasteiger partial charge < -0.3 is 14.8 Å². The Balaban J connectivity index is 2.46. The van der Waals surface area contributed by atoms with Crippen molar-refractivity contribution in [2.75, 3.05) is 6.61 Å². The fraction of sp³-hybridized carbons (Fsp3) is 0.640. The fourth-order valence-electron chi connectivity index (χ4n) is 2.88. The van der Waals surface area contributed by atoms with Gasteiger partial charge in [0.05, 0.1) is 13.0 Å². The van der Waals surface area contributed by atoms with E-state index in [1.54, 1.807) is 20.8 Å². The zero-order valence-corrected chi connectivity index (χ0v) is 20.4. The van der Waals surface area contributed by atoms with Gasteiger partial charge >= 0.3 is 18.0 Å². The number of rotatable bonds is 15. The van der Waals surface area contributed by atoms with Crippen LogP contribution in [0.3, 0.4) is 0 Å². The molecule has 1 aromatic rings. The molecule has 0 aliphatic rings. The zero-order valence-electron chi connectivity index (χ0n) is 20.4. The smallest absolute Gasteiger partial charge is 0.408 e. The number of amides is 1. The van der Waals surface area contributed by atoms with Crippen LogP contribution < -0.4 is 5.32 Å². The maximum atomic E-state index is 12.6. The first-order chi connectivity index (χ1) is 15.7. The Morgan fingerprint density at radius 2 is 1.64 bits per heavy atom. The molecule has 0 aliphatic carbocycles. The van der Waals surface area contributed by atoms with E-state index in [-0.39, 0.29) is 19.4 Å². The average molecular weight is 466 g/mol. The summed E-state index contributed by atoms with van der Waals surface area (Å²) in [5.74, 6) is -1.28. The molecule has 0 saturated heterocycles. The van der Waals surface area contributed by atoms with Crippen molar-refractivity contribution in [2.24, 2.45) is 0 Å². The second-order valence-electron chi connectivity index (χ2n) is 8.88. The van der Waals surface area contributed by atoms with Gasteiger partial charge in [-0.05, 0) is 39.2 Å². The maximum Gasteiger partial charge on any atom is 0.408 e. The fourth-order valence-corrected chi connectivity index (χ4v) is 2.88. The van der Waals surface area contributed by atoms with Crippen LogP contribution >= 0.6 is 0 Å². The van der Waals surface area contributed by atoms with E-state index < -0.39 is 29.7 Å². The van der Waals surface area contributed by atoms with Crippen LogP contribution in [0.15, 0.2) is 30.3 Å². The molecule has 1 aromatic carbocycles. The molecule has 0 unspecified atom stereocenters. The number of unbranched alkanes of at least 4 members (excludes halogenated alkanes) is 5. The lowest BCUT2D eigenvalue weighted by molar-refractivity contribution is -0.272. The maximum absolute atomic E-state index is 12.6. The lowest BCUT2D eigenvalue weighted by atomic mass is 10.1. The van der Waals surface area contributed by atoms with Gasteiger partial charge in [-0.15, -0.1) is 0 Å². The minimum atomic E-state index is -1.06. The Bertz CT molecular complexity index is 700. The number of nitrogens with one attached hydrogen (secondary N) is 1. The summed E-state index contributed by atoms with van der Waals surface area (Å²) in [5.41, 5.74) is 0.0793. The molecule has 0 heterocycles. The first kappa shape index (κ1) is 28.4. The van der Waals surface area contributed by atoms with E-state index in [0.717, 1.165) is 24.8 Å². The van der Waals surface area contributed by atoms with E-state index >= 15 is 0 Å². The van der Waals surface area contributed by atoms with Crippen molar-refractivity contribution in [1.29, 1.82) is 0 Å². The van der Waals surface area contributed by atoms with Crippen molar-refractivity contribution in [1.82, 2.24) is 5.32 Å². The van der Waals surface area contributed by atoms with E-state index in [0.29, 0.717) is 6.61 Å². The van der Waals surface area contributed by atoms with Gasteiger partial charge in [0, 0.05) is 0 Å². The van der Waals surface area contributed by atoms with E-state index in [1.165, 1.54) is 19.3 Å². The van der Waals surface area contributed by atoms with Crippen LogP contribution in [0, 0.1) is 0 Å². The summed E-state index contributed by atoms with van der Waals surface area (Å²) in [5, 5.41) is 2.48. The van der Waals surface area contributed by atoms with Gasteiger partial charge in [0.1, 0.15) is 18.2 Å². The van der Waals surface area contributed by atoms with Gasteiger partial charge in [0.25, 0.3) is 0 Å². The molecule has 186 valence electrons. The van der Waals surface area contributed by atoms with Gasteiger partial charge in [-0.2, -0.15) is 4.89 Å². The second-order valence-corrected chi connectivity index (χ2v) is 8.88. The summed E-state index contributed by atoms with van der Waals surface area (Å²) >= 11 is 0. The van der Waals surface area contributed by atoms with Gasteiger partial charge in [0.2, 0.25) is 0 Å². The highest BCUT2D eigenvalue weighted by Crippen LogP contribution is 2.10. The standard InChI is InChI=1S/C25H39NO7/c1-5-6-7-8-9-13-18-31-33-22(27)17-16-21(26-24(29)32-25(2,3)4)23(28)30-19-20-14-11-10-12-15-20/h10-12,14-15,21H,5-9,13,16-19H2,1-4H3,(H,26,29)/t21-/m0/s1. The first-order valence-corrected chi connectivity index (χ1v) is 11.7. The van der Waals surface area contributed by atoms with Crippen molar-refractivity contribution in [3.63, 3.8) is 0 Å². The molecule has 1 atom stereocenters. The summed E-state index contributed by atoms with van der Waals surface area (Å²) in [6.45, 7) is 7.70. The normalized spacial score (nSPS) is 12.0. The molecule has 0 aliphatic heterocycles. The summed E-state index contributed by atoms with van der Waals surface area (Å²) in [7, 11) is 0. The van der Waals surface area contributed by atoms with Gasteiger partial charge in [-0.25, -0.2) is 14.4 Å². The first-order valence-electron chi connectivity index (χ1n) is 11.7. The van der Waals surface area contributed by atoms with Gasteiger partial charge in [0.15, 0.2) is 0 Å². The minimum absolute atomic E-state index is 0.00786. The van der Waals surface area contributed by atoms with Gasteiger partial charge in [-0.3, -0.25) is 4.89 Å². The third kappa shape index (κ3) is 15.0. The zero-order chi connectivity index (χ0) is 24.5. The number of benzene rings is 1. The summed E-state index contributed by atoms with van der Waals surface area (Å²) in [6, 6.07) is 8.11. The van der Waals surface area contributed by atoms with Crippen LogP contribution in [0.5, 0.6) is 0 Å². The van der Waals surface area contributed by atoms with E-state index in [1.807, 2.05) is 30.3 Å². The van der Waals surface area contributed by atoms with Crippen LogP contribution in [-0.2, 0) is 35.4 Å². The number of ether oxygens (including phenoxy) is 2. The van der Waals surface area contributed by atoms with Crippen LogP contribution in [0.2, 0.25) is 0 Å². The quantitative estimate of drug-likeness (QED) is 0.164. The van der Waals surface area contributed by atoms with Crippen molar-refractivity contribution in [2.45, 2.75) is 97.3 Å². The highest BCUT2D eigenvalue weighted by atomic mass is 17.2. The molecule has 8 heteroatoms. The number of hydrogen-bond donors (Lipinski definition) is 1. The Hall–Kier alpha value is -2.61. The number of hydrogen-bond acceptors (Lipinski definition) is 7. The minimum Gasteiger partial charge on any atom is -0.459 e. The Labute approximate surface area is 197 Å². The third-order valence-electron chi connectivity index (χ3n) is 4.57. The predicted molar refractivity (Wildman–Crippen MR) is 124 cm³/mol. The van der Waals surface area contributed by atoms with Crippen molar-refractivity contribution in [3.8, 4) is 0 Å². The lowest BCUT2D eigenvalue weighted by Gasteiger charge is -2.22. The summed E-state index contributed by atoms with van der Waals surface area (Å²) in [4.78, 5) is 46.5. The highest BCUT2D eigenvalue weighted by molar-refractivity contribution is 5.82. The number of alkyl carbamates (subject to hydrolysis) is 1. The van der Waals surface area contributed by atoms with Crippen LogP contribution in [-0.4, -0.2) is 36.3 Å². The highest BCUT2D eigenvalue weighted by Gasteiger charge is 2.26. The average Bonchev–Trinajstić information content (AvgIpc) is 2.76. The molecule has 0 radical (unpaired) electrons. The Morgan fingerprint density at radius 3 is 2.30 bits per heavy atom. The molecular weight excluding hydrogens is 426 g/mol. The third-order valence-corrected chi connectivity index (χ3v) is 4.57. The van der Waals surface area contributed by atoms with Crippen molar-refractivity contribution in [3.05, 3.63) is 35.9 Å². The predicted octanol–water partition coefficient (Wildman–Crippen LogP) is 5.24. The number of carbonyl (C=O) groups excluding carboxylic acids is 3. The largest absolute Gasteiger partial charge is 0.459 e. The van der Waals surface area contributed by atoms with Crippen molar-refractivity contribution >= 4 is 18.0 Å². The summed E-state index contributed by atoms with van der Waals surface area (Å²) in [6.07, 6.45) is 5.68. The van der Waals surface area contributed by atoms with E-state index in [9.17, 15) is 14.4 Å². The molecule has 0 fully saturated rings. The number of carbonyl (C=O) groups is 3. The van der Waals surface area contributed by atoms with Crippen LogP contribution in [0.1, 0.15) is 84.6 Å². The molecule has 0 bridgehead atoms. The summed E-state index contributed by atoms with van der Waals surface area (Å²) < 4.78 is 10.5. The molecule has 1 rings (SSSR count). The van der Waals surface area contributed by atoms with Crippen LogP contribution in [0.4, 0.5) is 4.79 Å². The Morgan fingerprint density at radius 1 is 0.970 bits per heavy atom.